The van der Waals surface area contributed by atoms with Gasteiger partial charge in [0.25, 0.3) is 0 Å². The molecule has 2 rings (SSSR count). The number of rotatable bonds is 8. The molecule has 0 bridgehead atoms. The summed E-state index contributed by atoms with van der Waals surface area (Å²) in [7, 11) is 0. The van der Waals surface area contributed by atoms with E-state index in [0.29, 0.717) is 0 Å². The number of fused-ring (bicyclic) bond motifs is 1. The van der Waals surface area contributed by atoms with Crippen molar-refractivity contribution in [3.8, 4) is 0 Å². The molecule has 4 atom stereocenters. The van der Waals surface area contributed by atoms with Gasteiger partial charge in [-0.3, -0.25) is 0 Å². The van der Waals surface area contributed by atoms with E-state index in [-0.39, 0.29) is 0 Å². The Morgan fingerprint density at radius 1 is 0.600 bits per heavy atom. The molecule has 0 aliphatic heterocycles. The maximum atomic E-state index is 2.33. The summed E-state index contributed by atoms with van der Waals surface area (Å²) < 4.78 is 0. The number of unbranched alkanes of at least 4 members (excludes halogenated alkanes) is 4. The first-order chi connectivity index (χ1) is 9.83. The second-order valence-electron chi connectivity index (χ2n) is 7.87. The predicted octanol–water partition coefficient (Wildman–Crippen LogP) is 6.98. The molecular weight excluding hydrogens is 240 g/mol. The van der Waals surface area contributed by atoms with Gasteiger partial charge in [0.15, 0.2) is 0 Å². The van der Waals surface area contributed by atoms with Crippen molar-refractivity contribution < 1.29 is 0 Å². The van der Waals surface area contributed by atoms with Crippen LogP contribution in [0.5, 0.6) is 0 Å². The lowest BCUT2D eigenvalue weighted by atomic mass is 9.63. The zero-order chi connectivity index (χ0) is 14.2. The second-order valence-corrected chi connectivity index (χ2v) is 7.87. The van der Waals surface area contributed by atoms with Crippen LogP contribution >= 0.6 is 0 Å². The summed E-state index contributed by atoms with van der Waals surface area (Å²) >= 11 is 0. The van der Waals surface area contributed by atoms with Crippen LogP contribution in [0.25, 0.3) is 0 Å². The van der Waals surface area contributed by atoms with Crippen molar-refractivity contribution in [1.82, 2.24) is 0 Å². The minimum absolute atomic E-state index is 1.10. The summed E-state index contributed by atoms with van der Waals surface area (Å²) in [5.74, 6) is 4.44. The topological polar surface area (TPSA) is 0 Å². The van der Waals surface area contributed by atoms with Crippen molar-refractivity contribution in [2.24, 2.45) is 23.7 Å². The highest BCUT2D eigenvalue weighted by Crippen LogP contribution is 2.46. The fourth-order valence-corrected chi connectivity index (χ4v) is 4.97. The normalized spacial score (nSPS) is 33.9. The Hall–Kier alpha value is 0. The molecule has 0 aromatic carbocycles. The van der Waals surface area contributed by atoms with Crippen LogP contribution in [-0.4, -0.2) is 0 Å². The molecule has 0 saturated heterocycles. The van der Waals surface area contributed by atoms with Crippen molar-refractivity contribution in [3.63, 3.8) is 0 Å². The molecule has 0 N–H and O–H groups in total. The van der Waals surface area contributed by atoms with Crippen molar-refractivity contribution in [2.75, 3.05) is 0 Å². The van der Waals surface area contributed by atoms with Crippen LogP contribution in [0.4, 0.5) is 0 Å². The van der Waals surface area contributed by atoms with Crippen LogP contribution in [-0.2, 0) is 0 Å². The van der Waals surface area contributed by atoms with E-state index >= 15 is 0 Å². The van der Waals surface area contributed by atoms with Crippen LogP contribution in [0, 0.1) is 23.7 Å². The van der Waals surface area contributed by atoms with Crippen LogP contribution in [0.2, 0.25) is 0 Å². The first kappa shape index (κ1) is 16.4. The van der Waals surface area contributed by atoms with Gasteiger partial charge in [-0.05, 0) is 49.4 Å². The van der Waals surface area contributed by atoms with E-state index in [0.717, 1.165) is 23.7 Å². The Balaban J connectivity index is 1.66. The summed E-state index contributed by atoms with van der Waals surface area (Å²) in [5, 5.41) is 0. The highest BCUT2D eigenvalue weighted by atomic mass is 14.4. The minimum Gasteiger partial charge on any atom is -0.0654 e. The van der Waals surface area contributed by atoms with Gasteiger partial charge in [-0.2, -0.15) is 0 Å². The van der Waals surface area contributed by atoms with Gasteiger partial charge >= 0.3 is 0 Å². The summed E-state index contributed by atoms with van der Waals surface area (Å²) in [6.07, 6.45) is 21.2. The van der Waals surface area contributed by atoms with E-state index in [1.54, 1.807) is 38.5 Å². The van der Waals surface area contributed by atoms with Gasteiger partial charge in [-0.1, -0.05) is 78.1 Å². The Labute approximate surface area is 128 Å². The molecule has 0 spiro atoms. The lowest BCUT2D eigenvalue weighted by Gasteiger charge is -2.42. The fraction of sp³-hybridized carbons (Fsp3) is 1.00. The molecule has 0 nitrogen and oxygen atoms in total. The van der Waals surface area contributed by atoms with E-state index < -0.39 is 0 Å². The fourth-order valence-electron chi connectivity index (χ4n) is 4.97. The highest BCUT2D eigenvalue weighted by Gasteiger charge is 2.34. The monoisotopic (exact) mass is 278 g/mol. The quantitative estimate of drug-likeness (QED) is 0.420. The maximum absolute atomic E-state index is 2.33. The molecule has 0 radical (unpaired) electrons. The third kappa shape index (κ3) is 5.08. The maximum Gasteiger partial charge on any atom is -0.0383 e. The summed E-state index contributed by atoms with van der Waals surface area (Å²) in [6, 6.07) is 0. The Morgan fingerprint density at radius 2 is 1.05 bits per heavy atom. The van der Waals surface area contributed by atoms with Crippen molar-refractivity contribution >= 4 is 0 Å². The van der Waals surface area contributed by atoms with Crippen LogP contribution in [0.15, 0.2) is 0 Å². The summed E-state index contributed by atoms with van der Waals surface area (Å²) in [6.45, 7) is 4.66. The van der Waals surface area contributed by atoms with Crippen molar-refractivity contribution in [2.45, 2.75) is 104 Å². The molecule has 2 saturated carbocycles. The lowest BCUT2D eigenvalue weighted by molar-refractivity contribution is 0.0905. The van der Waals surface area contributed by atoms with Gasteiger partial charge in [-0.15, -0.1) is 0 Å². The highest BCUT2D eigenvalue weighted by molar-refractivity contribution is 4.86. The van der Waals surface area contributed by atoms with E-state index in [1.807, 2.05) is 0 Å². The molecule has 4 unspecified atom stereocenters. The van der Waals surface area contributed by atoms with Crippen LogP contribution < -0.4 is 0 Å². The van der Waals surface area contributed by atoms with E-state index in [9.17, 15) is 0 Å². The average Bonchev–Trinajstić information content (AvgIpc) is 2.48. The Morgan fingerprint density at radius 3 is 1.45 bits per heavy atom. The van der Waals surface area contributed by atoms with Gasteiger partial charge in [0.2, 0.25) is 0 Å². The third-order valence-electron chi connectivity index (χ3n) is 6.26. The molecule has 118 valence electrons. The van der Waals surface area contributed by atoms with Crippen LogP contribution in [0.1, 0.15) is 104 Å². The van der Waals surface area contributed by atoms with E-state index in [2.05, 4.69) is 13.8 Å². The second kappa shape index (κ2) is 9.11. The van der Waals surface area contributed by atoms with Gasteiger partial charge in [0, 0.05) is 0 Å². The molecule has 0 aromatic heterocycles. The molecule has 0 heteroatoms. The molecule has 2 aliphatic carbocycles. The largest absolute Gasteiger partial charge is 0.0654 e. The van der Waals surface area contributed by atoms with Gasteiger partial charge < -0.3 is 0 Å². The molecule has 0 heterocycles. The Bertz CT molecular complexity index is 218. The molecule has 2 fully saturated rings. The van der Waals surface area contributed by atoms with Gasteiger partial charge in [0.05, 0.1) is 0 Å². The standard InChI is InChI=1S/C20H38/c1-3-5-7-9-17-11-13-20-16-18(10-8-6-4-2)12-14-19(20)15-17/h17-20H,3-16H2,1-2H3. The molecule has 20 heavy (non-hydrogen) atoms. The minimum atomic E-state index is 1.10. The summed E-state index contributed by atoms with van der Waals surface area (Å²) in [4.78, 5) is 0. The molecular formula is C20H38. The predicted molar refractivity (Wildman–Crippen MR) is 89.9 cm³/mol. The molecule has 2 aliphatic rings. The number of hydrogen-bond acceptors (Lipinski definition) is 0. The third-order valence-corrected chi connectivity index (χ3v) is 6.26. The SMILES string of the molecule is CCCCCC1CCC2CC(CCCCC)CCC2C1. The van der Waals surface area contributed by atoms with Crippen LogP contribution in [0.3, 0.4) is 0 Å². The summed E-state index contributed by atoms with van der Waals surface area (Å²) in [5.41, 5.74) is 0. The first-order valence-electron chi connectivity index (χ1n) is 9.83. The average molecular weight is 279 g/mol. The Kier molecular flexibility index (Phi) is 7.45. The number of hydrogen-bond donors (Lipinski definition) is 0. The molecule has 0 aromatic rings. The van der Waals surface area contributed by atoms with E-state index in [4.69, 9.17) is 0 Å². The van der Waals surface area contributed by atoms with Gasteiger partial charge in [-0.25, -0.2) is 0 Å². The van der Waals surface area contributed by atoms with Crippen molar-refractivity contribution in [3.05, 3.63) is 0 Å². The smallest absolute Gasteiger partial charge is 0.0383 e. The van der Waals surface area contributed by atoms with Gasteiger partial charge in [0.1, 0.15) is 0 Å². The zero-order valence-electron chi connectivity index (χ0n) is 14.2. The first-order valence-corrected chi connectivity index (χ1v) is 9.83. The lowest BCUT2D eigenvalue weighted by Crippen LogP contribution is -2.31. The zero-order valence-corrected chi connectivity index (χ0v) is 14.2. The molecule has 0 amide bonds. The van der Waals surface area contributed by atoms with Crippen molar-refractivity contribution in [1.29, 1.82) is 0 Å². The van der Waals surface area contributed by atoms with E-state index in [1.165, 1.54) is 51.4 Å².